The predicted molar refractivity (Wildman–Crippen MR) is 137 cm³/mol. The summed E-state index contributed by atoms with van der Waals surface area (Å²) < 4.78 is 5.31. The number of ether oxygens (including phenoxy) is 1. The van der Waals surface area contributed by atoms with E-state index in [9.17, 15) is 9.59 Å². The van der Waals surface area contributed by atoms with Crippen LogP contribution in [0.3, 0.4) is 0 Å². The molecule has 180 valence electrons. The van der Waals surface area contributed by atoms with Crippen LogP contribution in [-0.4, -0.2) is 43.1 Å². The van der Waals surface area contributed by atoms with Gasteiger partial charge in [0, 0.05) is 29.9 Å². The molecule has 1 fully saturated rings. The minimum atomic E-state index is -1.35. The van der Waals surface area contributed by atoms with Crippen molar-refractivity contribution in [3.63, 3.8) is 0 Å². The zero-order valence-electron chi connectivity index (χ0n) is 19.5. The fourth-order valence-electron chi connectivity index (χ4n) is 4.21. The third-order valence-corrected chi connectivity index (χ3v) is 6.00. The number of nitrogens with one attached hydrogen (secondary N) is 3. The minimum Gasteiger partial charge on any atom is -0.497 e. The van der Waals surface area contributed by atoms with E-state index in [1.165, 1.54) is 6.42 Å². The number of carbonyl (C=O) groups is 2. The first-order valence-corrected chi connectivity index (χ1v) is 11.5. The summed E-state index contributed by atoms with van der Waals surface area (Å²) in [7, 11) is 1.59. The van der Waals surface area contributed by atoms with E-state index in [0.717, 1.165) is 42.7 Å². The molecule has 4 N–H and O–H groups in total. The summed E-state index contributed by atoms with van der Waals surface area (Å²) in [5.41, 5.74) is 3.73. The molecule has 1 aliphatic rings. The van der Waals surface area contributed by atoms with Crippen molar-refractivity contribution in [2.75, 3.05) is 30.4 Å². The van der Waals surface area contributed by atoms with E-state index in [-0.39, 0.29) is 17.3 Å². The summed E-state index contributed by atoms with van der Waals surface area (Å²) in [4.78, 5) is 26.6. The van der Waals surface area contributed by atoms with Gasteiger partial charge in [-0.25, -0.2) is 4.79 Å². The molecule has 35 heavy (non-hydrogen) atoms. The van der Waals surface area contributed by atoms with Crippen molar-refractivity contribution in [2.24, 2.45) is 0 Å². The Hall–Kier alpha value is -4.33. The molecule has 0 saturated carbocycles. The van der Waals surface area contributed by atoms with Crippen molar-refractivity contribution in [1.82, 2.24) is 5.32 Å². The molecule has 0 aliphatic carbocycles. The second kappa shape index (κ2) is 10.7. The maximum atomic E-state index is 13.2. The highest BCUT2D eigenvalue weighted by atomic mass is 16.5. The average molecular weight is 473 g/mol. The minimum absolute atomic E-state index is 0.264. The van der Waals surface area contributed by atoms with Crippen molar-refractivity contribution in [3.05, 3.63) is 77.9 Å². The van der Waals surface area contributed by atoms with Gasteiger partial charge in [-0.15, -0.1) is 0 Å². The number of methoxy groups -OCH3 is 1. The van der Waals surface area contributed by atoms with E-state index in [1.54, 1.807) is 31.4 Å². The lowest BCUT2D eigenvalue weighted by Crippen LogP contribution is -2.30. The summed E-state index contributed by atoms with van der Waals surface area (Å²) in [6.07, 6.45) is 2.14. The van der Waals surface area contributed by atoms with Crippen LogP contribution in [0.5, 0.6) is 5.75 Å². The van der Waals surface area contributed by atoms with Crippen LogP contribution in [-0.2, 0) is 0 Å². The smallest absolute Gasteiger partial charge is 0.410 e. The lowest BCUT2D eigenvalue weighted by atomic mass is 10.0. The molecule has 1 aliphatic heterocycles. The highest BCUT2D eigenvalue weighted by Gasteiger charge is 2.17. The monoisotopic (exact) mass is 472 g/mol. The van der Waals surface area contributed by atoms with Gasteiger partial charge in [0.05, 0.1) is 12.8 Å². The summed E-state index contributed by atoms with van der Waals surface area (Å²) in [6.45, 7) is 1.94. The molecule has 0 unspecified atom stereocenters. The molecular formula is C27H28N4O4. The first kappa shape index (κ1) is 23.8. The van der Waals surface area contributed by atoms with Gasteiger partial charge in [-0.1, -0.05) is 24.3 Å². The Kier molecular flexibility index (Phi) is 7.30. The van der Waals surface area contributed by atoms with Gasteiger partial charge in [0.2, 0.25) is 0 Å². The second-order valence-corrected chi connectivity index (χ2v) is 8.35. The van der Waals surface area contributed by atoms with Crippen LogP contribution in [0.4, 0.5) is 16.2 Å². The van der Waals surface area contributed by atoms with Crippen LogP contribution < -0.4 is 20.3 Å². The highest BCUT2D eigenvalue weighted by molar-refractivity contribution is 6.12. The van der Waals surface area contributed by atoms with Crippen molar-refractivity contribution < 1.29 is 19.4 Å². The Morgan fingerprint density at radius 3 is 2.43 bits per heavy atom. The molecule has 0 aromatic heterocycles. The fourth-order valence-corrected chi connectivity index (χ4v) is 4.21. The van der Waals surface area contributed by atoms with Crippen molar-refractivity contribution in [1.29, 1.82) is 5.41 Å². The molecule has 4 rings (SSSR count). The SMILES string of the molecule is COc1cccc(-c2ccc(C(=N)NC(=O)O)c(NC(=O)c3cccc(N4CCCCC4)c3)c2)c1. The summed E-state index contributed by atoms with van der Waals surface area (Å²) >= 11 is 0. The Bertz CT molecular complexity index is 1250. The van der Waals surface area contributed by atoms with E-state index in [1.807, 2.05) is 42.5 Å². The van der Waals surface area contributed by atoms with Crippen molar-refractivity contribution >= 4 is 29.2 Å². The Morgan fingerprint density at radius 1 is 0.943 bits per heavy atom. The zero-order chi connectivity index (χ0) is 24.8. The van der Waals surface area contributed by atoms with Gasteiger partial charge in [0.1, 0.15) is 11.6 Å². The summed E-state index contributed by atoms with van der Waals surface area (Å²) in [5.74, 6) is 0.0232. The van der Waals surface area contributed by atoms with Crippen LogP contribution in [0.1, 0.15) is 35.2 Å². The fraction of sp³-hybridized carbons (Fsp3) is 0.222. The normalized spacial score (nSPS) is 13.1. The number of carbonyl (C=O) groups excluding carboxylic acids is 1. The summed E-state index contributed by atoms with van der Waals surface area (Å²) in [5, 5.41) is 22.2. The Balaban J connectivity index is 1.66. The van der Waals surface area contributed by atoms with E-state index in [2.05, 4.69) is 15.5 Å². The van der Waals surface area contributed by atoms with Crippen LogP contribution in [0.25, 0.3) is 11.1 Å². The van der Waals surface area contributed by atoms with Gasteiger partial charge in [-0.05, 0) is 72.9 Å². The van der Waals surface area contributed by atoms with E-state index in [4.69, 9.17) is 15.3 Å². The van der Waals surface area contributed by atoms with Gasteiger partial charge in [-0.2, -0.15) is 0 Å². The first-order valence-electron chi connectivity index (χ1n) is 11.5. The van der Waals surface area contributed by atoms with Crippen molar-refractivity contribution in [3.8, 4) is 16.9 Å². The molecule has 8 heteroatoms. The largest absolute Gasteiger partial charge is 0.497 e. The molecular weight excluding hydrogens is 444 g/mol. The maximum Gasteiger partial charge on any atom is 0.410 e. The second-order valence-electron chi connectivity index (χ2n) is 8.35. The number of amides is 2. The van der Waals surface area contributed by atoms with Crippen molar-refractivity contribution in [2.45, 2.75) is 19.3 Å². The third kappa shape index (κ3) is 5.78. The van der Waals surface area contributed by atoms with Crippen LogP contribution in [0, 0.1) is 5.41 Å². The molecule has 0 spiro atoms. The zero-order valence-corrected chi connectivity index (χ0v) is 19.5. The van der Waals surface area contributed by atoms with Gasteiger partial charge < -0.3 is 20.1 Å². The quantitative estimate of drug-likeness (QED) is 0.291. The van der Waals surface area contributed by atoms with Crippen LogP contribution >= 0.6 is 0 Å². The topological polar surface area (TPSA) is 115 Å². The van der Waals surface area contributed by atoms with E-state index >= 15 is 0 Å². The van der Waals surface area contributed by atoms with E-state index < -0.39 is 6.09 Å². The molecule has 0 radical (unpaired) electrons. The number of carboxylic acid groups (broad SMARTS) is 1. The van der Waals surface area contributed by atoms with Crippen LogP contribution in [0.15, 0.2) is 66.7 Å². The number of piperidine rings is 1. The average Bonchev–Trinajstić information content (AvgIpc) is 2.89. The van der Waals surface area contributed by atoms with Gasteiger partial charge >= 0.3 is 6.09 Å². The number of rotatable bonds is 6. The molecule has 3 aromatic rings. The molecule has 1 heterocycles. The van der Waals surface area contributed by atoms with Gasteiger partial charge in [0.15, 0.2) is 0 Å². The number of hydrogen-bond acceptors (Lipinski definition) is 5. The number of amidine groups is 1. The highest BCUT2D eigenvalue weighted by Crippen LogP contribution is 2.29. The lowest BCUT2D eigenvalue weighted by molar-refractivity contribution is 0.102. The number of anilines is 2. The number of nitrogens with zero attached hydrogens (tertiary/aromatic N) is 1. The van der Waals surface area contributed by atoms with E-state index in [0.29, 0.717) is 17.0 Å². The Morgan fingerprint density at radius 2 is 1.69 bits per heavy atom. The maximum absolute atomic E-state index is 13.2. The predicted octanol–water partition coefficient (Wildman–Crippen LogP) is 5.20. The first-order chi connectivity index (χ1) is 16.9. The molecule has 2 amide bonds. The Labute approximate surface area is 204 Å². The van der Waals surface area contributed by atoms with Crippen LogP contribution in [0.2, 0.25) is 0 Å². The summed E-state index contributed by atoms with van der Waals surface area (Å²) in [6, 6.07) is 20.1. The molecule has 0 atom stereocenters. The van der Waals surface area contributed by atoms with Gasteiger partial charge in [-0.3, -0.25) is 15.5 Å². The standard InChI is InChI=1S/C27H28N4O4/c1-35-22-10-6-7-18(16-22)19-11-12-23(25(28)30-27(33)34)24(17-19)29-26(32)20-8-5-9-21(15-20)31-13-3-2-4-14-31/h5-12,15-17H,2-4,13-14H2,1H3,(H2,28,30)(H,29,32)(H,33,34). The number of hydrogen-bond donors (Lipinski definition) is 4. The molecule has 1 saturated heterocycles. The molecule has 0 bridgehead atoms. The molecule has 3 aromatic carbocycles. The lowest BCUT2D eigenvalue weighted by Gasteiger charge is -2.29. The van der Waals surface area contributed by atoms with Gasteiger partial charge in [0.25, 0.3) is 5.91 Å². The molecule has 8 nitrogen and oxygen atoms in total. The third-order valence-electron chi connectivity index (χ3n) is 6.00. The number of benzene rings is 3.